The average molecular weight is 249 g/mol. The van der Waals surface area contributed by atoms with Crippen molar-refractivity contribution in [2.75, 3.05) is 12.8 Å². The summed E-state index contributed by atoms with van der Waals surface area (Å²) in [5, 5.41) is 11.3. The molecule has 0 aliphatic heterocycles. The molecule has 1 amide bonds. The first kappa shape index (κ1) is 11.7. The minimum atomic E-state index is -0.0353. The third-order valence-electron chi connectivity index (χ3n) is 2.04. The lowest BCUT2D eigenvalue weighted by atomic mass is 10.3. The van der Waals surface area contributed by atoms with Crippen LogP contribution in [0.4, 0.5) is 0 Å². The lowest BCUT2D eigenvalue weighted by molar-refractivity contribution is -0.118. The summed E-state index contributed by atoms with van der Waals surface area (Å²) in [6, 6.07) is 7.25. The normalized spacial score (nSPS) is 10.2. The molecule has 2 heterocycles. The van der Waals surface area contributed by atoms with Crippen LogP contribution in [-0.4, -0.2) is 28.9 Å². The van der Waals surface area contributed by atoms with Gasteiger partial charge in [0.15, 0.2) is 5.76 Å². The summed E-state index contributed by atoms with van der Waals surface area (Å²) in [6.45, 7) is 0. The molecular formula is C11H11N3O2S. The minimum Gasteiger partial charge on any atom is -0.463 e. The molecule has 2 aromatic heterocycles. The molecule has 0 aliphatic rings. The van der Waals surface area contributed by atoms with Crippen LogP contribution in [0.3, 0.4) is 0 Å². The molecule has 2 rings (SSSR count). The summed E-state index contributed by atoms with van der Waals surface area (Å²) < 4.78 is 5.20. The highest BCUT2D eigenvalue weighted by Gasteiger charge is 2.05. The number of carbonyl (C=O) groups is 1. The topological polar surface area (TPSA) is 68.0 Å². The van der Waals surface area contributed by atoms with E-state index in [0.717, 1.165) is 0 Å². The monoisotopic (exact) mass is 249 g/mol. The van der Waals surface area contributed by atoms with Crippen molar-refractivity contribution in [3.63, 3.8) is 0 Å². The first-order valence-corrected chi connectivity index (χ1v) is 5.99. The highest BCUT2D eigenvalue weighted by Crippen LogP contribution is 2.19. The third-order valence-corrected chi connectivity index (χ3v) is 2.96. The third kappa shape index (κ3) is 3.07. The summed E-state index contributed by atoms with van der Waals surface area (Å²) in [4.78, 5) is 11.0. The molecule has 0 aromatic carbocycles. The van der Waals surface area contributed by atoms with E-state index in [9.17, 15) is 4.79 Å². The van der Waals surface area contributed by atoms with Gasteiger partial charge < -0.3 is 9.73 Å². The average Bonchev–Trinajstić information content (AvgIpc) is 2.90. The molecule has 5 nitrogen and oxygen atoms in total. The van der Waals surface area contributed by atoms with Crippen LogP contribution < -0.4 is 5.32 Å². The van der Waals surface area contributed by atoms with E-state index in [-0.39, 0.29) is 5.91 Å². The standard InChI is InChI=1S/C11H11N3O2S/c1-12-10(15)7-17-11-5-4-8(13-14-11)9-3-2-6-16-9/h2-6H,7H2,1H3,(H,12,15). The first-order valence-electron chi connectivity index (χ1n) is 5.00. The molecular weight excluding hydrogens is 238 g/mol. The number of rotatable bonds is 4. The smallest absolute Gasteiger partial charge is 0.230 e. The second-order valence-corrected chi connectivity index (χ2v) is 4.19. The quantitative estimate of drug-likeness (QED) is 0.833. The minimum absolute atomic E-state index is 0.0353. The summed E-state index contributed by atoms with van der Waals surface area (Å²) in [5.41, 5.74) is 0.680. The maximum absolute atomic E-state index is 11.0. The van der Waals surface area contributed by atoms with Crippen LogP contribution in [0.15, 0.2) is 40.0 Å². The number of thioether (sulfide) groups is 1. The van der Waals surface area contributed by atoms with Gasteiger partial charge in [0.05, 0.1) is 12.0 Å². The Hall–Kier alpha value is -1.82. The van der Waals surface area contributed by atoms with Gasteiger partial charge in [-0.3, -0.25) is 4.79 Å². The molecule has 0 atom stereocenters. The molecule has 17 heavy (non-hydrogen) atoms. The summed E-state index contributed by atoms with van der Waals surface area (Å²) in [6.07, 6.45) is 1.59. The molecule has 6 heteroatoms. The fraction of sp³-hybridized carbons (Fsp3) is 0.182. The largest absolute Gasteiger partial charge is 0.463 e. The number of hydrogen-bond donors (Lipinski definition) is 1. The molecule has 0 aliphatic carbocycles. The Morgan fingerprint density at radius 3 is 2.88 bits per heavy atom. The zero-order valence-electron chi connectivity index (χ0n) is 9.21. The Bertz CT molecular complexity index is 482. The summed E-state index contributed by atoms with van der Waals surface area (Å²) in [7, 11) is 1.61. The van der Waals surface area contributed by atoms with Gasteiger partial charge in [-0.1, -0.05) is 11.8 Å². The summed E-state index contributed by atoms with van der Waals surface area (Å²) in [5.74, 6) is 0.984. The fourth-order valence-electron chi connectivity index (χ4n) is 1.16. The number of hydrogen-bond acceptors (Lipinski definition) is 5. The Balaban J connectivity index is 2.01. The van der Waals surface area contributed by atoms with Crippen molar-refractivity contribution in [1.29, 1.82) is 0 Å². The highest BCUT2D eigenvalue weighted by atomic mass is 32.2. The zero-order valence-corrected chi connectivity index (χ0v) is 10.0. The molecule has 0 fully saturated rings. The summed E-state index contributed by atoms with van der Waals surface area (Å²) >= 11 is 1.34. The Kier molecular flexibility index (Phi) is 3.77. The number of carbonyl (C=O) groups excluding carboxylic acids is 1. The van der Waals surface area contributed by atoms with Gasteiger partial charge in [0.1, 0.15) is 10.7 Å². The van der Waals surface area contributed by atoms with Gasteiger partial charge in [-0.05, 0) is 24.3 Å². The molecule has 88 valence electrons. The van der Waals surface area contributed by atoms with E-state index in [0.29, 0.717) is 22.2 Å². The van der Waals surface area contributed by atoms with Crippen LogP contribution in [0.5, 0.6) is 0 Å². The van der Waals surface area contributed by atoms with Crippen LogP contribution in [-0.2, 0) is 4.79 Å². The van der Waals surface area contributed by atoms with E-state index < -0.39 is 0 Å². The van der Waals surface area contributed by atoms with Crippen molar-refractivity contribution in [2.24, 2.45) is 0 Å². The maximum Gasteiger partial charge on any atom is 0.230 e. The van der Waals surface area contributed by atoms with Crippen LogP contribution in [0, 0.1) is 0 Å². The predicted molar refractivity (Wildman–Crippen MR) is 64.5 cm³/mol. The number of furan rings is 1. The molecule has 0 unspecified atom stereocenters. The second kappa shape index (κ2) is 5.49. The molecule has 0 saturated heterocycles. The van der Waals surface area contributed by atoms with E-state index in [2.05, 4.69) is 15.5 Å². The Morgan fingerprint density at radius 2 is 2.29 bits per heavy atom. The fourth-order valence-corrected chi connectivity index (χ4v) is 1.85. The van der Waals surface area contributed by atoms with Crippen LogP contribution in [0.25, 0.3) is 11.5 Å². The Labute approximate surface area is 103 Å². The molecule has 0 radical (unpaired) electrons. The van der Waals surface area contributed by atoms with E-state index in [4.69, 9.17) is 4.42 Å². The van der Waals surface area contributed by atoms with Gasteiger partial charge in [0.2, 0.25) is 5.91 Å². The Morgan fingerprint density at radius 1 is 1.41 bits per heavy atom. The van der Waals surface area contributed by atoms with Crippen LogP contribution in [0.2, 0.25) is 0 Å². The van der Waals surface area contributed by atoms with Gasteiger partial charge in [0, 0.05) is 7.05 Å². The van der Waals surface area contributed by atoms with E-state index in [1.54, 1.807) is 19.4 Å². The van der Waals surface area contributed by atoms with Crippen molar-refractivity contribution >= 4 is 17.7 Å². The predicted octanol–water partition coefficient (Wildman–Crippen LogP) is 1.57. The highest BCUT2D eigenvalue weighted by molar-refractivity contribution is 7.99. The first-order chi connectivity index (χ1) is 8.29. The molecule has 1 N–H and O–H groups in total. The van der Waals surface area contributed by atoms with E-state index in [1.807, 2.05) is 18.2 Å². The number of amides is 1. The molecule has 2 aromatic rings. The van der Waals surface area contributed by atoms with Gasteiger partial charge in [0.25, 0.3) is 0 Å². The molecule has 0 saturated carbocycles. The SMILES string of the molecule is CNC(=O)CSc1ccc(-c2ccco2)nn1. The second-order valence-electron chi connectivity index (χ2n) is 3.20. The lowest BCUT2D eigenvalue weighted by Gasteiger charge is -2.00. The van der Waals surface area contributed by atoms with Gasteiger partial charge in [-0.25, -0.2) is 0 Å². The van der Waals surface area contributed by atoms with Crippen molar-refractivity contribution in [1.82, 2.24) is 15.5 Å². The van der Waals surface area contributed by atoms with Crippen molar-refractivity contribution in [3.8, 4) is 11.5 Å². The number of nitrogens with one attached hydrogen (secondary N) is 1. The molecule has 0 spiro atoms. The number of nitrogens with zero attached hydrogens (tertiary/aromatic N) is 2. The van der Waals surface area contributed by atoms with Crippen molar-refractivity contribution < 1.29 is 9.21 Å². The van der Waals surface area contributed by atoms with Gasteiger partial charge in [-0.2, -0.15) is 0 Å². The van der Waals surface area contributed by atoms with Gasteiger partial charge in [-0.15, -0.1) is 10.2 Å². The zero-order chi connectivity index (χ0) is 12.1. The molecule has 0 bridgehead atoms. The van der Waals surface area contributed by atoms with Crippen molar-refractivity contribution in [2.45, 2.75) is 5.03 Å². The maximum atomic E-state index is 11.0. The van der Waals surface area contributed by atoms with E-state index >= 15 is 0 Å². The van der Waals surface area contributed by atoms with Crippen LogP contribution >= 0.6 is 11.8 Å². The van der Waals surface area contributed by atoms with Crippen LogP contribution in [0.1, 0.15) is 0 Å². The lowest BCUT2D eigenvalue weighted by Crippen LogP contribution is -2.19. The van der Waals surface area contributed by atoms with Gasteiger partial charge >= 0.3 is 0 Å². The number of aromatic nitrogens is 2. The van der Waals surface area contributed by atoms with Crippen molar-refractivity contribution in [3.05, 3.63) is 30.5 Å². The van der Waals surface area contributed by atoms with E-state index in [1.165, 1.54) is 11.8 Å².